The molecule has 0 unspecified atom stereocenters. The Balaban J connectivity index is 1.39. The summed E-state index contributed by atoms with van der Waals surface area (Å²) in [5.74, 6) is 1.94. The Morgan fingerprint density at radius 2 is 1.73 bits per heavy atom. The number of aromatic nitrogens is 2. The van der Waals surface area contributed by atoms with Crippen LogP contribution in [0.15, 0.2) is 60.8 Å². The van der Waals surface area contributed by atoms with Crippen LogP contribution in [-0.4, -0.2) is 66.6 Å². The van der Waals surface area contributed by atoms with E-state index in [0.29, 0.717) is 42.8 Å². The number of anilines is 1. The molecule has 2 aliphatic heterocycles. The lowest BCUT2D eigenvalue weighted by atomic mass is 9.90. The molecule has 210 valence electrons. The summed E-state index contributed by atoms with van der Waals surface area (Å²) in [6.45, 7) is 4.75. The topological polar surface area (TPSA) is 84.9 Å². The molecule has 0 saturated carbocycles. The van der Waals surface area contributed by atoms with Crippen LogP contribution >= 0.6 is 0 Å². The standard InChI is InChI=1S/C32H38N4O4/c1-3-40-32(38)26-10-7-17-36(22-26)31(37)28-21-33-29(25-11-13-27(39-2)14-12-25)34-30(28)35-18-15-24(16-19-35)20-23-8-5-4-6-9-23/h4-6,8-9,11-14,21,24,26H,3,7,10,15-20,22H2,1-2H3/t26-/m1/s1. The molecular weight excluding hydrogens is 504 g/mol. The summed E-state index contributed by atoms with van der Waals surface area (Å²) in [6, 6.07) is 18.3. The molecular formula is C32H38N4O4. The van der Waals surface area contributed by atoms with Crippen LogP contribution in [0.25, 0.3) is 11.4 Å². The molecule has 0 radical (unpaired) electrons. The number of rotatable bonds is 8. The number of methoxy groups -OCH3 is 1. The maximum Gasteiger partial charge on any atom is 0.310 e. The van der Waals surface area contributed by atoms with Crippen LogP contribution in [0, 0.1) is 11.8 Å². The quantitative estimate of drug-likeness (QED) is 0.369. The number of hydrogen-bond acceptors (Lipinski definition) is 7. The van der Waals surface area contributed by atoms with Crippen molar-refractivity contribution < 1.29 is 19.1 Å². The van der Waals surface area contributed by atoms with Crippen LogP contribution in [0.5, 0.6) is 5.75 Å². The minimum absolute atomic E-state index is 0.128. The summed E-state index contributed by atoms with van der Waals surface area (Å²) in [5.41, 5.74) is 2.71. The van der Waals surface area contributed by atoms with E-state index in [1.165, 1.54) is 5.56 Å². The van der Waals surface area contributed by atoms with Gasteiger partial charge in [-0.15, -0.1) is 0 Å². The zero-order valence-electron chi connectivity index (χ0n) is 23.4. The van der Waals surface area contributed by atoms with Crippen LogP contribution in [0.2, 0.25) is 0 Å². The normalized spacial score (nSPS) is 17.9. The number of ether oxygens (including phenoxy) is 2. The molecule has 2 aromatic carbocycles. The van der Waals surface area contributed by atoms with Crippen LogP contribution < -0.4 is 9.64 Å². The highest BCUT2D eigenvalue weighted by molar-refractivity contribution is 5.99. The zero-order valence-corrected chi connectivity index (χ0v) is 23.4. The molecule has 0 N–H and O–H groups in total. The second-order valence-electron chi connectivity index (χ2n) is 10.6. The van der Waals surface area contributed by atoms with E-state index in [4.69, 9.17) is 14.5 Å². The molecule has 0 spiro atoms. The highest BCUT2D eigenvalue weighted by atomic mass is 16.5. The number of carbonyl (C=O) groups excluding carboxylic acids is 2. The minimum Gasteiger partial charge on any atom is -0.497 e. The smallest absolute Gasteiger partial charge is 0.310 e. The molecule has 2 saturated heterocycles. The fourth-order valence-electron chi connectivity index (χ4n) is 5.72. The summed E-state index contributed by atoms with van der Waals surface area (Å²) in [4.78, 5) is 39.9. The van der Waals surface area contributed by atoms with Gasteiger partial charge in [-0.3, -0.25) is 9.59 Å². The Morgan fingerprint density at radius 1 is 0.975 bits per heavy atom. The minimum atomic E-state index is -0.297. The highest BCUT2D eigenvalue weighted by Crippen LogP contribution is 2.31. The number of hydrogen-bond donors (Lipinski definition) is 0. The zero-order chi connectivity index (χ0) is 27.9. The monoisotopic (exact) mass is 542 g/mol. The van der Waals surface area contributed by atoms with Gasteiger partial charge in [0.15, 0.2) is 5.82 Å². The van der Waals surface area contributed by atoms with E-state index >= 15 is 0 Å². The van der Waals surface area contributed by atoms with Gasteiger partial charge in [0.1, 0.15) is 17.1 Å². The molecule has 40 heavy (non-hydrogen) atoms. The van der Waals surface area contributed by atoms with Crippen molar-refractivity contribution in [2.75, 3.05) is 44.8 Å². The molecule has 1 aromatic heterocycles. The second-order valence-corrected chi connectivity index (χ2v) is 10.6. The molecule has 0 aliphatic carbocycles. The van der Waals surface area contributed by atoms with Gasteiger partial charge in [-0.2, -0.15) is 0 Å². The number of nitrogens with zero attached hydrogens (tertiary/aromatic N) is 4. The SMILES string of the molecule is CCOC(=O)[C@@H]1CCCN(C(=O)c2cnc(-c3ccc(OC)cc3)nc2N2CCC(Cc3ccccc3)CC2)C1. The largest absolute Gasteiger partial charge is 0.497 e. The number of likely N-dealkylation sites (tertiary alicyclic amines) is 1. The lowest BCUT2D eigenvalue weighted by molar-refractivity contribution is -0.149. The van der Waals surface area contributed by atoms with Crippen molar-refractivity contribution in [1.29, 1.82) is 0 Å². The lowest BCUT2D eigenvalue weighted by Gasteiger charge is -2.35. The first-order valence-electron chi connectivity index (χ1n) is 14.3. The van der Waals surface area contributed by atoms with E-state index in [9.17, 15) is 9.59 Å². The third kappa shape index (κ3) is 6.43. The van der Waals surface area contributed by atoms with Gasteiger partial charge in [0.2, 0.25) is 0 Å². The van der Waals surface area contributed by atoms with Crippen molar-refractivity contribution in [3.63, 3.8) is 0 Å². The van der Waals surface area contributed by atoms with E-state index in [1.54, 1.807) is 25.1 Å². The first-order valence-corrected chi connectivity index (χ1v) is 14.3. The number of benzene rings is 2. The maximum absolute atomic E-state index is 13.9. The number of amides is 1. The molecule has 3 aromatic rings. The molecule has 1 atom stereocenters. The van der Waals surface area contributed by atoms with Crippen molar-refractivity contribution in [2.45, 2.75) is 39.0 Å². The Kier molecular flexibility index (Phi) is 8.94. The van der Waals surface area contributed by atoms with Crippen LogP contribution in [-0.2, 0) is 16.0 Å². The number of carbonyl (C=O) groups is 2. The van der Waals surface area contributed by atoms with E-state index in [0.717, 1.165) is 56.5 Å². The van der Waals surface area contributed by atoms with E-state index < -0.39 is 0 Å². The molecule has 2 aliphatic rings. The first-order chi connectivity index (χ1) is 19.6. The van der Waals surface area contributed by atoms with Gasteiger partial charge < -0.3 is 19.3 Å². The average molecular weight is 543 g/mol. The summed E-state index contributed by atoms with van der Waals surface area (Å²) in [7, 11) is 1.64. The Bertz CT molecular complexity index is 1290. The van der Waals surface area contributed by atoms with Crippen LogP contribution in [0.4, 0.5) is 5.82 Å². The van der Waals surface area contributed by atoms with E-state index in [2.05, 4.69) is 40.2 Å². The third-order valence-electron chi connectivity index (χ3n) is 7.96. The van der Waals surface area contributed by atoms with Crippen LogP contribution in [0.1, 0.15) is 48.5 Å². The van der Waals surface area contributed by atoms with Gasteiger partial charge in [0.05, 0.1) is 19.6 Å². The molecule has 1 amide bonds. The van der Waals surface area contributed by atoms with Gasteiger partial charge in [-0.1, -0.05) is 30.3 Å². The van der Waals surface area contributed by atoms with Crippen molar-refractivity contribution in [1.82, 2.24) is 14.9 Å². The molecule has 8 nitrogen and oxygen atoms in total. The molecule has 2 fully saturated rings. The third-order valence-corrected chi connectivity index (χ3v) is 7.96. The fraction of sp³-hybridized carbons (Fsp3) is 0.438. The predicted molar refractivity (Wildman–Crippen MR) is 154 cm³/mol. The van der Waals surface area contributed by atoms with Gasteiger partial charge in [-0.25, -0.2) is 9.97 Å². The van der Waals surface area contributed by atoms with Crippen molar-refractivity contribution in [3.05, 3.63) is 71.9 Å². The van der Waals surface area contributed by atoms with Gasteiger partial charge >= 0.3 is 5.97 Å². The first kappa shape index (κ1) is 27.6. The van der Waals surface area contributed by atoms with Crippen molar-refractivity contribution >= 4 is 17.7 Å². The maximum atomic E-state index is 13.9. The van der Waals surface area contributed by atoms with Crippen LogP contribution in [0.3, 0.4) is 0 Å². The molecule has 8 heteroatoms. The fourth-order valence-corrected chi connectivity index (χ4v) is 5.72. The van der Waals surface area contributed by atoms with Crippen molar-refractivity contribution in [2.24, 2.45) is 11.8 Å². The Hall–Kier alpha value is -3.94. The summed E-state index contributed by atoms with van der Waals surface area (Å²) in [5, 5.41) is 0. The summed E-state index contributed by atoms with van der Waals surface area (Å²) < 4.78 is 10.6. The second kappa shape index (κ2) is 12.9. The molecule has 5 rings (SSSR count). The molecule has 3 heterocycles. The van der Waals surface area contributed by atoms with E-state index in [-0.39, 0.29) is 17.8 Å². The predicted octanol–water partition coefficient (Wildman–Crippen LogP) is 5.03. The van der Waals surface area contributed by atoms with Gasteiger partial charge in [0.25, 0.3) is 5.91 Å². The van der Waals surface area contributed by atoms with E-state index in [1.807, 2.05) is 24.3 Å². The van der Waals surface area contributed by atoms with Gasteiger partial charge in [-0.05, 0) is 74.8 Å². The summed E-state index contributed by atoms with van der Waals surface area (Å²) >= 11 is 0. The Labute approximate surface area is 236 Å². The molecule has 0 bridgehead atoms. The number of piperidine rings is 2. The number of esters is 1. The van der Waals surface area contributed by atoms with Gasteiger partial charge in [0, 0.05) is 37.9 Å². The summed E-state index contributed by atoms with van der Waals surface area (Å²) in [6.07, 6.45) is 6.27. The highest BCUT2D eigenvalue weighted by Gasteiger charge is 2.33. The lowest BCUT2D eigenvalue weighted by Crippen LogP contribution is -2.44. The average Bonchev–Trinajstić information content (AvgIpc) is 3.01. The van der Waals surface area contributed by atoms with Crippen molar-refractivity contribution in [3.8, 4) is 17.1 Å². The Morgan fingerprint density at radius 3 is 2.42 bits per heavy atom.